The highest BCUT2D eigenvalue weighted by Gasteiger charge is 2.35. The molecule has 0 heterocycles. The zero-order chi connectivity index (χ0) is 17.9. The van der Waals surface area contributed by atoms with Crippen molar-refractivity contribution in [2.45, 2.75) is 12.7 Å². The van der Waals surface area contributed by atoms with E-state index >= 15 is 0 Å². The van der Waals surface area contributed by atoms with E-state index in [2.05, 4.69) is 5.32 Å². The first-order chi connectivity index (χ1) is 11.2. The highest BCUT2D eigenvalue weighted by Crippen LogP contribution is 2.34. The van der Waals surface area contributed by atoms with E-state index in [0.717, 1.165) is 12.1 Å². The number of amides is 1. The number of halogens is 5. The highest BCUT2D eigenvalue weighted by molar-refractivity contribution is 6.42. The molecule has 3 nitrogen and oxygen atoms in total. The maximum absolute atomic E-state index is 13.1. The maximum atomic E-state index is 13.1. The molecule has 0 saturated carbocycles. The fourth-order valence-corrected chi connectivity index (χ4v) is 2.43. The van der Waals surface area contributed by atoms with Crippen molar-refractivity contribution in [1.29, 1.82) is 0 Å². The standard InChI is InChI=1S/C16H12Cl2F3NO2/c1-24-10-5-6-11(12(7-10)16(19,20)21)15(23)22-8-9-3-2-4-13(17)14(9)18/h2-7H,8H2,1H3,(H,22,23). The number of ether oxygens (including phenoxy) is 1. The van der Waals surface area contributed by atoms with Crippen molar-refractivity contribution >= 4 is 29.1 Å². The summed E-state index contributed by atoms with van der Waals surface area (Å²) in [5.41, 5.74) is -1.07. The fourth-order valence-electron chi connectivity index (χ4n) is 2.04. The number of carbonyl (C=O) groups is 1. The van der Waals surface area contributed by atoms with Gasteiger partial charge in [-0.2, -0.15) is 13.2 Å². The summed E-state index contributed by atoms with van der Waals surface area (Å²) in [4.78, 5) is 12.2. The average molecular weight is 378 g/mol. The molecule has 8 heteroatoms. The summed E-state index contributed by atoms with van der Waals surface area (Å²) in [5, 5.41) is 2.95. The fraction of sp³-hybridized carbons (Fsp3) is 0.188. The number of methoxy groups -OCH3 is 1. The van der Waals surface area contributed by atoms with Gasteiger partial charge in [0, 0.05) is 6.54 Å². The summed E-state index contributed by atoms with van der Waals surface area (Å²) < 4.78 is 44.2. The van der Waals surface area contributed by atoms with Crippen molar-refractivity contribution in [3.05, 3.63) is 63.1 Å². The van der Waals surface area contributed by atoms with E-state index in [-0.39, 0.29) is 17.3 Å². The molecule has 0 fully saturated rings. The van der Waals surface area contributed by atoms with Crippen molar-refractivity contribution in [2.24, 2.45) is 0 Å². The minimum Gasteiger partial charge on any atom is -0.497 e. The molecule has 0 aliphatic rings. The number of benzene rings is 2. The molecule has 0 atom stereocenters. The number of alkyl halides is 3. The van der Waals surface area contributed by atoms with Crippen LogP contribution in [0.1, 0.15) is 21.5 Å². The van der Waals surface area contributed by atoms with Gasteiger partial charge in [-0.1, -0.05) is 35.3 Å². The van der Waals surface area contributed by atoms with Crippen LogP contribution in [0, 0.1) is 0 Å². The molecular formula is C16H12Cl2F3NO2. The summed E-state index contributed by atoms with van der Waals surface area (Å²) in [6.07, 6.45) is -4.69. The van der Waals surface area contributed by atoms with Crippen LogP contribution in [0.15, 0.2) is 36.4 Å². The largest absolute Gasteiger partial charge is 0.497 e. The lowest BCUT2D eigenvalue weighted by molar-refractivity contribution is -0.138. The van der Waals surface area contributed by atoms with Gasteiger partial charge >= 0.3 is 6.18 Å². The van der Waals surface area contributed by atoms with Crippen molar-refractivity contribution in [2.75, 3.05) is 7.11 Å². The molecule has 0 saturated heterocycles. The summed E-state index contributed by atoms with van der Waals surface area (Å²) in [6, 6.07) is 7.95. The van der Waals surface area contributed by atoms with Gasteiger partial charge in [-0.25, -0.2) is 0 Å². The van der Waals surface area contributed by atoms with Gasteiger partial charge in [0.2, 0.25) is 0 Å². The molecule has 2 aromatic rings. The molecule has 0 radical (unpaired) electrons. The van der Waals surface area contributed by atoms with Crippen molar-refractivity contribution in [3.8, 4) is 5.75 Å². The van der Waals surface area contributed by atoms with Gasteiger partial charge in [0.25, 0.3) is 5.91 Å². The molecule has 0 unspecified atom stereocenters. The zero-order valence-electron chi connectivity index (χ0n) is 12.4. The molecule has 0 aliphatic heterocycles. The topological polar surface area (TPSA) is 38.3 Å². The summed E-state index contributed by atoms with van der Waals surface area (Å²) >= 11 is 11.8. The normalized spacial score (nSPS) is 11.2. The van der Waals surface area contributed by atoms with E-state index < -0.39 is 23.2 Å². The molecule has 24 heavy (non-hydrogen) atoms. The third-order valence-electron chi connectivity index (χ3n) is 3.25. The molecular weight excluding hydrogens is 366 g/mol. The first-order valence-corrected chi connectivity index (χ1v) is 7.46. The smallest absolute Gasteiger partial charge is 0.417 e. The summed E-state index contributed by atoms with van der Waals surface area (Å²) in [6.45, 7) is -0.0540. The molecule has 0 spiro atoms. The van der Waals surface area contributed by atoms with Gasteiger partial charge in [-0.3, -0.25) is 4.79 Å². The monoisotopic (exact) mass is 377 g/mol. The predicted octanol–water partition coefficient (Wildman–Crippen LogP) is 4.95. The molecule has 0 aromatic heterocycles. The van der Waals surface area contributed by atoms with Crippen molar-refractivity contribution < 1.29 is 22.7 Å². The predicted molar refractivity (Wildman–Crippen MR) is 85.6 cm³/mol. The van der Waals surface area contributed by atoms with Gasteiger partial charge in [0.05, 0.1) is 28.3 Å². The molecule has 128 valence electrons. The second kappa shape index (κ2) is 7.32. The van der Waals surface area contributed by atoms with E-state index in [1.807, 2.05) is 0 Å². The van der Waals surface area contributed by atoms with Gasteiger partial charge in [0.15, 0.2) is 0 Å². The quantitative estimate of drug-likeness (QED) is 0.818. The van der Waals surface area contributed by atoms with E-state index in [1.165, 1.54) is 13.2 Å². The molecule has 2 rings (SSSR count). The number of rotatable bonds is 4. The van der Waals surface area contributed by atoms with Gasteiger partial charge in [-0.15, -0.1) is 0 Å². The molecule has 0 aliphatic carbocycles. The number of carbonyl (C=O) groups excluding carboxylic acids is 1. The Kier molecular flexibility index (Phi) is 5.62. The number of nitrogens with one attached hydrogen (secondary N) is 1. The molecule has 2 aromatic carbocycles. The van der Waals surface area contributed by atoms with Crippen LogP contribution in [0.5, 0.6) is 5.75 Å². The van der Waals surface area contributed by atoms with Crippen LogP contribution in [0.3, 0.4) is 0 Å². The lowest BCUT2D eigenvalue weighted by atomic mass is 10.1. The van der Waals surface area contributed by atoms with Gasteiger partial charge < -0.3 is 10.1 Å². The Morgan fingerprint density at radius 1 is 1.21 bits per heavy atom. The third kappa shape index (κ3) is 4.13. The minimum absolute atomic E-state index is 0.0109. The van der Waals surface area contributed by atoms with E-state index in [1.54, 1.807) is 18.2 Å². The second-order valence-electron chi connectivity index (χ2n) is 4.80. The van der Waals surface area contributed by atoms with Crippen LogP contribution < -0.4 is 10.1 Å². The SMILES string of the molecule is COc1ccc(C(=O)NCc2cccc(Cl)c2Cl)c(C(F)(F)F)c1. The molecule has 0 bridgehead atoms. The Bertz CT molecular complexity index is 763. The Labute approximate surface area is 146 Å². The lowest BCUT2D eigenvalue weighted by Gasteiger charge is -2.14. The summed E-state index contributed by atoms with van der Waals surface area (Å²) in [5.74, 6) is -0.863. The number of hydrogen-bond acceptors (Lipinski definition) is 2. The van der Waals surface area contributed by atoms with Crippen molar-refractivity contribution in [1.82, 2.24) is 5.32 Å². The van der Waals surface area contributed by atoms with E-state index in [0.29, 0.717) is 10.6 Å². The van der Waals surface area contributed by atoms with Crippen LogP contribution in [-0.4, -0.2) is 13.0 Å². The Balaban J connectivity index is 2.25. The zero-order valence-corrected chi connectivity index (χ0v) is 13.9. The first-order valence-electron chi connectivity index (χ1n) is 6.70. The third-order valence-corrected chi connectivity index (χ3v) is 4.11. The van der Waals surface area contributed by atoms with E-state index in [9.17, 15) is 18.0 Å². The van der Waals surface area contributed by atoms with Crippen LogP contribution >= 0.6 is 23.2 Å². The van der Waals surface area contributed by atoms with Gasteiger partial charge in [0.1, 0.15) is 5.75 Å². The second-order valence-corrected chi connectivity index (χ2v) is 5.59. The average Bonchev–Trinajstić information content (AvgIpc) is 2.54. The summed E-state index contributed by atoms with van der Waals surface area (Å²) in [7, 11) is 1.25. The lowest BCUT2D eigenvalue weighted by Crippen LogP contribution is -2.26. The molecule has 1 N–H and O–H groups in total. The minimum atomic E-state index is -4.69. The highest BCUT2D eigenvalue weighted by atomic mass is 35.5. The Morgan fingerprint density at radius 2 is 1.92 bits per heavy atom. The van der Waals surface area contributed by atoms with Gasteiger partial charge in [-0.05, 0) is 29.8 Å². The molecule has 1 amide bonds. The van der Waals surface area contributed by atoms with Crippen molar-refractivity contribution in [3.63, 3.8) is 0 Å². The van der Waals surface area contributed by atoms with Crippen LogP contribution in [-0.2, 0) is 12.7 Å². The Morgan fingerprint density at radius 3 is 2.54 bits per heavy atom. The Hall–Kier alpha value is -1.92. The first kappa shape index (κ1) is 18.4. The van der Waals surface area contributed by atoms with Crippen LogP contribution in [0.25, 0.3) is 0 Å². The maximum Gasteiger partial charge on any atom is 0.417 e. The van der Waals surface area contributed by atoms with Crippen LogP contribution in [0.4, 0.5) is 13.2 Å². The van der Waals surface area contributed by atoms with E-state index in [4.69, 9.17) is 27.9 Å². The number of hydrogen-bond donors (Lipinski definition) is 1. The van der Waals surface area contributed by atoms with Crippen LogP contribution in [0.2, 0.25) is 10.0 Å².